The van der Waals surface area contributed by atoms with Gasteiger partial charge in [-0.25, -0.2) is 0 Å². The van der Waals surface area contributed by atoms with Crippen molar-refractivity contribution < 1.29 is 9.53 Å². The van der Waals surface area contributed by atoms with E-state index in [1.165, 1.54) is 12.0 Å². The Morgan fingerprint density at radius 1 is 1.29 bits per heavy atom. The smallest absolute Gasteiger partial charge is 0.316 e. The molecule has 1 aromatic carbocycles. The lowest BCUT2D eigenvalue weighted by molar-refractivity contribution is -0.144. The van der Waals surface area contributed by atoms with Crippen molar-refractivity contribution in [3.05, 3.63) is 29.8 Å². The van der Waals surface area contributed by atoms with Crippen molar-refractivity contribution in [3.8, 4) is 0 Å². The molecule has 0 amide bonds. The molecule has 0 N–H and O–H groups in total. The van der Waals surface area contributed by atoms with Gasteiger partial charge in [-0.05, 0) is 35.8 Å². The SMILES string of the molecule is COC(=O)C1(c2ccc(SC)cc2)CC1(C)C. The van der Waals surface area contributed by atoms with E-state index in [-0.39, 0.29) is 11.4 Å². The van der Waals surface area contributed by atoms with Crippen molar-refractivity contribution in [1.29, 1.82) is 0 Å². The molecule has 0 aliphatic heterocycles. The molecule has 0 heterocycles. The molecular weight excluding hydrogens is 232 g/mol. The van der Waals surface area contributed by atoms with Gasteiger partial charge in [0.15, 0.2) is 0 Å². The maximum atomic E-state index is 12.0. The second-order valence-electron chi connectivity index (χ2n) is 5.19. The zero-order valence-electron chi connectivity index (χ0n) is 10.7. The molecule has 2 nitrogen and oxygen atoms in total. The topological polar surface area (TPSA) is 26.3 Å². The van der Waals surface area contributed by atoms with E-state index in [0.29, 0.717) is 0 Å². The number of ether oxygens (including phenoxy) is 1. The van der Waals surface area contributed by atoms with E-state index in [4.69, 9.17) is 4.74 Å². The van der Waals surface area contributed by atoms with Crippen molar-refractivity contribution in [2.75, 3.05) is 13.4 Å². The average Bonchev–Trinajstić information content (AvgIpc) is 2.93. The highest BCUT2D eigenvalue weighted by Crippen LogP contribution is 2.64. The van der Waals surface area contributed by atoms with Crippen LogP contribution in [0, 0.1) is 5.41 Å². The Morgan fingerprint density at radius 3 is 2.18 bits per heavy atom. The van der Waals surface area contributed by atoms with Crippen molar-refractivity contribution in [2.24, 2.45) is 5.41 Å². The highest BCUT2D eigenvalue weighted by Gasteiger charge is 2.68. The summed E-state index contributed by atoms with van der Waals surface area (Å²) in [4.78, 5) is 13.3. The molecule has 0 bridgehead atoms. The number of thioether (sulfide) groups is 1. The molecule has 2 rings (SSSR count). The van der Waals surface area contributed by atoms with Crippen molar-refractivity contribution >= 4 is 17.7 Å². The quantitative estimate of drug-likeness (QED) is 0.608. The van der Waals surface area contributed by atoms with Crippen LogP contribution in [0.5, 0.6) is 0 Å². The molecule has 0 radical (unpaired) electrons. The van der Waals surface area contributed by atoms with Gasteiger partial charge in [0.2, 0.25) is 0 Å². The molecular formula is C14H18O2S. The van der Waals surface area contributed by atoms with Gasteiger partial charge in [-0.15, -0.1) is 11.8 Å². The van der Waals surface area contributed by atoms with Crippen LogP contribution in [0.3, 0.4) is 0 Å². The molecule has 1 aromatic rings. The molecule has 0 saturated heterocycles. The fraction of sp³-hybridized carbons (Fsp3) is 0.500. The predicted molar refractivity (Wildman–Crippen MR) is 70.3 cm³/mol. The van der Waals surface area contributed by atoms with Crippen LogP contribution in [0.15, 0.2) is 29.2 Å². The van der Waals surface area contributed by atoms with Crippen LogP contribution in [-0.2, 0) is 14.9 Å². The van der Waals surface area contributed by atoms with Crippen molar-refractivity contribution in [1.82, 2.24) is 0 Å². The first-order valence-electron chi connectivity index (χ1n) is 5.71. The van der Waals surface area contributed by atoms with Gasteiger partial charge in [-0.3, -0.25) is 4.79 Å². The summed E-state index contributed by atoms with van der Waals surface area (Å²) in [6.07, 6.45) is 2.91. The maximum absolute atomic E-state index is 12.0. The Labute approximate surface area is 107 Å². The van der Waals surface area contributed by atoms with Gasteiger partial charge in [0.25, 0.3) is 0 Å². The number of carbonyl (C=O) groups excluding carboxylic acids is 1. The summed E-state index contributed by atoms with van der Waals surface area (Å²) in [6, 6.07) is 8.24. The van der Waals surface area contributed by atoms with E-state index in [0.717, 1.165) is 12.0 Å². The van der Waals surface area contributed by atoms with Crippen LogP contribution in [-0.4, -0.2) is 19.3 Å². The van der Waals surface area contributed by atoms with E-state index in [1.807, 2.05) is 6.26 Å². The van der Waals surface area contributed by atoms with Gasteiger partial charge < -0.3 is 4.74 Å². The summed E-state index contributed by atoms with van der Waals surface area (Å²) in [5, 5.41) is 0. The Morgan fingerprint density at radius 2 is 1.82 bits per heavy atom. The van der Waals surface area contributed by atoms with Gasteiger partial charge in [0, 0.05) is 4.90 Å². The van der Waals surface area contributed by atoms with Gasteiger partial charge in [0.05, 0.1) is 12.5 Å². The molecule has 0 spiro atoms. The first kappa shape index (κ1) is 12.5. The largest absolute Gasteiger partial charge is 0.468 e. The van der Waals surface area contributed by atoms with Crippen LogP contribution in [0.2, 0.25) is 0 Å². The van der Waals surface area contributed by atoms with Gasteiger partial charge >= 0.3 is 5.97 Å². The molecule has 0 aromatic heterocycles. The van der Waals surface area contributed by atoms with Crippen LogP contribution in [0.4, 0.5) is 0 Å². The zero-order chi connectivity index (χ0) is 12.7. The zero-order valence-corrected chi connectivity index (χ0v) is 11.6. The number of esters is 1. The predicted octanol–water partition coefficient (Wildman–Crippen LogP) is 3.25. The van der Waals surface area contributed by atoms with E-state index in [9.17, 15) is 4.79 Å². The molecule has 1 aliphatic carbocycles. The Kier molecular flexibility index (Phi) is 2.98. The summed E-state index contributed by atoms with van der Waals surface area (Å²) >= 11 is 1.71. The lowest BCUT2D eigenvalue weighted by Gasteiger charge is -2.18. The Balaban J connectivity index is 2.39. The lowest BCUT2D eigenvalue weighted by atomic mass is 9.88. The normalized spacial score (nSPS) is 25.4. The number of rotatable bonds is 3. The molecule has 1 saturated carbocycles. The summed E-state index contributed by atoms with van der Waals surface area (Å²) in [6.45, 7) is 4.23. The third kappa shape index (κ3) is 1.77. The first-order chi connectivity index (χ1) is 7.98. The minimum atomic E-state index is -0.432. The van der Waals surface area contributed by atoms with Crippen LogP contribution < -0.4 is 0 Å². The molecule has 1 aliphatic rings. The molecule has 1 fully saturated rings. The van der Waals surface area contributed by atoms with Gasteiger partial charge in [0.1, 0.15) is 0 Å². The summed E-state index contributed by atoms with van der Waals surface area (Å²) in [5.74, 6) is -0.112. The number of hydrogen-bond donors (Lipinski definition) is 0. The highest BCUT2D eigenvalue weighted by atomic mass is 32.2. The minimum absolute atomic E-state index is 0.000960. The molecule has 1 atom stereocenters. The third-order valence-corrected chi connectivity index (χ3v) is 4.60. The molecule has 17 heavy (non-hydrogen) atoms. The van der Waals surface area contributed by atoms with E-state index in [1.54, 1.807) is 11.8 Å². The first-order valence-corrected chi connectivity index (χ1v) is 6.93. The van der Waals surface area contributed by atoms with Gasteiger partial charge in [-0.2, -0.15) is 0 Å². The Bertz CT molecular complexity index is 436. The highest BCUT2D eigenvalue weighted by molar-refractivity contribution is 7.98. The fourth-order valence-electron chi connectivity index (χ4n) is 2.63. The third-order valence-electron chi connectivity index (χ3n) is 3.85. The van der Waals surface area contributed by atoms with E-state index in [2.05, 4.69) is 38.1 Å². The number of carbonyl (C=O) groups is 1. The second kappa shape index (κ2) is 4.05. The summed E-state index contributed by atoms with van der Waals surface area (Å²) in [7, 11) is 1.47. The monoisotopic (exact) mass is 250 g/mol. The molecule has 3 heteroatoms. The summed E-state index contributed by atoms with van der Waals surface area (Å²) in [5.41, 5.74) is 0.645. The van der Waals surface area contributed by atoms with Crippen LogP contribution in [0.25, 0.3) is 0 Å². The summed E-state index contributed by atoms with van der Waals surface area (Å²) < 4.78 is 4.98. The van der Waals surface area contributed by atoms with Crippen molar-refractivity contribution in [3.63, 3.8) is 0 Å². The van der Waals surface area contributed by atoms with Crippen LogP contribution >= 0.6 is 11.8 Å². The molecule has 92 valence electrons. The van der Waals surface area contributed by atoms with Crippen LogP contribution in [0.1, 0.15) is 25.8 Å². The van der Waals surface area contributed by atoms with E-state index >= 15 is 0 Å². The standard InChI is InChI=1S/C14H18O2S/c1-13(2)9-14(13,12(15)16-3)10-5-7-11(17-4)8-6-10/h5-8H,9H2,1-4H3. The van der Waals surface area contributed by atoms with E-state index < -0.39 is 5.41 Å². The maximum Gasteiger partial charge on any atom is 0.316 e. The van der Waals surface area contributed by atoms with Gasteiger partial charge in [-0.1, -0.05) is 26.0 Å². The lowest BCUT2D eigenvalue weighted by Crippen LogP contribution is -2.27. The fourth-order valence-corrected chi connectivity index (χ4v) is 3.04. The number of hydrogen-bond acceptors (Lipinski definition) is 3. The second-order valence-corrected chi connectivity index (χ2v) is 6.07. The minimum Gasteiger partial charge on any atom is -0.468 e. The average molecular weight is 250 g/mol. The Hall–Kier alpha value is -0.960. The van der Waals surface area contributed by atoms with Crippen molar-refractivity contribution in [2.45, 2.75) is 30.6 Å². The number of methoxy groups -OCH3 is 1. The number of benzene rings is 1. The molecule has 1 unspecified atom stereocenters.